The van der Waals surface area contributed by atoms with E-state index in [2.05, 4.69) is 31.1 Å². The van der Waals surface area contributed by atoms with E-state index in [9.17, 15) is 0 Å². The van der Waals surface area contributed by atoms with Crippen LogP contribution in [0.5, 0.6) is 0 Å². The average molecular weight is 262 g/mol. The lowest BCUT2D eigenvalue weighted by atomic mass is 10.2. The maximum absolute atomic E-state index is 5.54. The lowest BCUT2D eigenvalue weighted by Crippen LogP contribution is -2.23. The second kappa shape index (κ2) is 6.59. The van der Waals surface area contributed by atoms with Crippen LogP contribution in [0.4, 0.5) is 0 Å². The van der Waals surface area contributed by atoms with Crippen LogP contribution in [0.1, 0.15) is 30.7 Å². The van der Waals surface area contributed by atoms with Crippen molar-refractivity contribution in [3.8, 4) is 0 Å². The van der Waals surface area contributed by atoms with Gasteiger partial charge in [-0.3, -0.25) is 4.90 Å². The van der Waals surface area contributed by atoms with Crippen LogP contribution in [0.25, 0.3) is 0 Å². The fourth-order valence-electron chi connectivity index (χ4n) is 2.00. The largest absolute Gasteiger partial charge is 0.472 e. The molecule has 4 nitrogen and oxygen atoms in total. The van der Waals surface area contributed by atoms with E-state index in [1.165, 1.54) is 11.1 Å². The molecule has 0 aliphatic heterocycles. The molecular weight excluding hydrogens is 240 g/mol. The van der Waals surface area contributed by atoms with Crippen molar-refractivity contribution in [1.82, 2.24) is 10.2 Å². The summed E-state index contributed by atoms with van der Waals surface area (Å²) in [5.74, 6) is 1.02. The van der Waals surface area contributed by atoms with Gasteiger partial charge in [0.15, 0.2) is 0 Å². The second-order valence-corrected chi connectivity index (χ2v) is 5.21. The predicted molar refractivity (Wildman–Crippen MR) is 74.6 cm³/mol. The van der Waals surface area contributed by atoms with Gasteiger partial charge >= 0.3 is 0 Å². The Bertz CT molecular complexity index is 474. The van der Waals surface area contributed by atoms with E-state index in [0.717, 1.165) is 25.4 Å². The van der Waals surface area contributed by atoms with Crippen LogP contribution >= 0.6 is 0 Å². The molecule has 1 N–H and O–H groups in total. The van der Waals surface area contributed by atoms with Crippen molar-refractivity contribution in [2.45, 2.75) is 39.5 Å². The molecule has 2 aromatic rings. The first kappa shape index (κ1) is 13.9. The summed E-state index contributed by atoms with van der Waals surface area (Å²) in [6.07, 6.45) is 5.25. The molecule has 2 heterocycles. The highest BCUT2D eigenvalue weighted by Gasteiger charge is 2.10. The molecule has 0 radical (unpaired) electrons. The van der Waals surface area contributed by atoms with Crippen molar-refractivity contribution >= 4 is 0 Å². The van der Waals surface area contributed by atoms with E-state index in [-0.39, 0.29) is 0 Å². The van der Waals surface area contributed by atoms with Gasteiger partial charge in [0, 0.05) is 30.3 Å². The quantitative estimate of drug-likeness (QED) is 0.833. The summed E-state index contributed by atoms with van der Waals surface area (Å²) in [7, 11) is 2.10. The zero-order chi connectivity index (χ0) is 13.7. The minimum atomic E-state index is 0.460. The smallest absolute Gasteiger partial charge is 0.122 e. The van der Waals surface area contributed by atoms with Gasteiger partial charge in [-0.15, -0.1) is 0 Å². The number of hydrogen-bond donors (Lipinski definition) is 1. The van der Waals surface area contributed by atoms with Crippen LogP contribution in [0, 0.1) is 0 Å². The molecule has 0 fully saturated rings. The molecule has 0 amide bonds. The summed E-state index contributed by atoms with van der Waals surface area (Å²) in [5, 5.41) is 3.38. The van der Waals surface area contributed by atoms with Crippen molar-refractivity contribution < 1.29 is 8.83 Å². The van der Waals surface area contributed by atoms with Gasteiger partial charge in [0.1, 0.15) is 5.76 Å². The number of hydrogen-bond acceptors (Lipinski definition) is 4. The molecule has 104 valence electrons. The average Bonchev–Trinajstić information content (AvgIpc) is 2.98. The number of nitrogens with one attached hydrogen (secondary N) is 1. The first-order valence-electron chi connectivity index (χ1n) is 6.63. The summed E-state index contributed by atoms with van der Waals surface area (Å²) in [6.45, 7) is 6.79. The molecule has 0 atom stereocenters. The summed E-state index contributed by atoms with van der Waals surface area (Å²) < 4.78 is 10.6. The Balaban J connectivity index is 1.89. The van der Waals surface area contributed by atoms with Gasteiger partial charge in [0.25, 0.3) is 0 Å². The molecule has 0 saturated heterocycles. The molecule has 0 aliphatic carbocycles. The standard InChI is InChI=1S/C15H22N2O2/c1-12(2)16-8-15-14(5-7-19-15)10-17(3)9-13-4-6-18-11-13/h4-7,11-12,16H,8-10H2,1-3H3. The maximum Gasteiger partial charge on any atom is 0.122 e. The van der Waals surface area contributed by atoms with Crippen LogP contribution in [-0.2, 0) is 19.6 Å². The Kier molecular flexibility index (Phi) is 4.82. The van der Waals surface area contributed by atoms with Gasteiger partial charge < -0.3 is 14.2 Å². The molecule has 0 unspecified atom stereocenters. The maximum atomic E-state index is 5.54. The third-order valence-electron chi connectivity index (χ3n) is 2.98. The summed E-state index contributed by atoms with van der Waals surface area (Å²) in [5.41, 5.74) is 2.42. The molecule has 19 heavy (non-hydrogen) atoms. The van der Waals surface area contributed by atoms with Crippen LogP contribution in [-0.4, -0.2) is 18.0 Å². The fourth-order valence-corrected chi connectivity index (χ4v) is 2.00. The molecule has 4 heteroatoms. The van der Waals surface area contributed by atoms with Gasteiger partial charge in [0.2, 0.25) is 0 Å². The minimum absolute atomic E-state index is 0.460. The predicted octanol–water partition coefficient (Wildman–Crippen LogP) is 3.00. The van der Waals surface area contributed by atoms with E-state index in [1.54, 1.807) is 18.8 Å². The summed E-state index contributed by atoms with van der Waals surface area (Å²) in [4.78, 5) is 2.24. The zero-order valence-corrected chi connectivity index (χ0v) is 11.8. The molecule has 0 aromatic carbocycles. The van der Waals surface area contributed by atoms with Gasteiger partial charge in [-0.25, -0.2) is 0 Å². The van der Waals surface area contributed by atoms with Gasteiger partial charge in [0.05, 0.1) is 25.3 Å². The molecular formula is C15H22N2O2. The van der Waals surface area contributed by atoms with Crippen LogP contribution < -0.4 is 5.32 Å². The van der Waals surface area contributed by atoms with E-state index in [1.807, 2.05) is 12.1 Å². The van der Waals surface area contributed by atoms with Crippen molar-refractivity contribution in [3.05, 3.63) is 47.8 Å². The molecule has 2 rings (SSSR count). The molecule has 0 spiro atoms. The fraction of sp³-hybridized carbons (Fsp3) is 0.467. The van der Waals surface area contributed by atoms with Gasteiger partial charge in [-0.1, -0.05) is 13.8 Å². The van der Waals surface area contributed by atoms with Crippen LogP contribution in [0.2, 0.25) is 0 Å². The lowest BCUT2D eigenvalue weighted by molar-refractivity contribution is 0.313. The Morgan fingerprint density at radius 2 is 2.05 bits per heavy atom. The van der Waals surface area contributed by atoms with Crippen molar-refractivity contribution in [1.29, 1.82) is 0 Å². The summed E-state index contributed by atoms with van der Waals surface area (Å²) in [6, 6.07) is 4.50. The first-order valence-corrected chi connectivity index (χ1v) is 6.63. The molecule has 0 bridgehead atoms. The van der Waals surface area contributed by atoms with Gasteiger partial charge in [-0.05, 0) is 19.2 Å². The normalized spacial score (nSPS) is 11.6. The van der Waals surface area contributed by atoms with Crippen LogP contribution in [0.15, 0.2) is 39.8 Å². The highest BCUT2D eigenvalue weighted by atomic mass is 16.3. The Morgan fingerprint density at radius 3 is 2.74 bits per heavy atom. The lowest BCUT2D eigenvalue weighted by Gasteiger charge is -2.16. The topological polar surface area (TPSA) is 41.6 Å². The molecule has 2 aromatic heterocycles. The number of furan rings is 2. The van der Waals surface area contributed by atoms with Gasteiger partial charge in [-0.2, -0.15) is 0 Å². The third-order valence-corrected chi connectivity index (χ3v) is 2.98. The first-order chi connectivity index (χ1) is 9.15. The van der Waals surface area contributed by atoms with E-state index >= 15 is 0 Å². The Morgan fingerprint density at radius 1 is 1.21 bits per heavy atom. The van der Waals surface area contributed by atoms with Crippen molar-refractivity contribution in [2.75, 3.05) is 7.05 Å². The van der Waals surface area contributed by atoms with E-state index < -0.39 is 0 Å². The molecule has 0 aliphatic rings. The van der Waals surface area contributed by atoms with E-state index in [4.69, 9.17) is 8.83 Å². The highest BCUT2D eigenvalue weighted by Crippen LogP contribution is 2.14. The van der Waals surface area contributed by atoms with E-state index in [0.29, 0.717) is 6.04 Å². The Labute approximate surface area is 114 Å². The van der Waals surface area contributed by atoms with Crippen molar-refractivity contribution in [3.63, 3.8) is 0 Å². The van der Waals surface area contributed by atoms with Crippen molar-refractivity contribution in [2.24, 2.45) is 0 Å². The highest BCUT2D eigenvalue weighted by molar-refractivity contribution is 5.17. The monoisotopic (exact) mass is 262 g/mol. The minimum Gasteiger partial charge on any atom is -0.472 e. The SMILES string of the molecule is CC(C)NCc1occc1CN(C)Cc1ccoc1. The summed E-state index contributed by atoms with van der Waals surface area (Å²) >= 11 is 0. The third kappa shape index (κ3) is 4.26. The molecule has 0 saturated carbocycles. The second-order valence-electron chi connectivity index (χ2n) is 5.21. The van der Waals surface area contributed by atoms with Crippen LogP contribution in [0.3, 0.4) is 0 Å². The number of rotatable bonds is 7. The Hall–Kier alpha value is -1.52. The number of nitrogens with zero attached hydrogens (tertiary/aromatic N) is 1. The zero-order valence-electron chi connectivity index (χ0n) is 11.8.